The third-order valence-electron chi connectivity index (χ3n) is 5.52. The minimum atomic E-state index is -0.0531. The summed E-state index contributed by atoms with van der Waals surface area (Å²) in [6.45, 7) is 7.31. The summed E-state index contributed by atoms with van der Waals surface area (Å²) in [5, 5.41) is 0. The van der Waals surface area contributed by atoms with Gasteiger partial charge in [0.15, 0.2) is 5.76 Å². The second-order valence-electron chi connectivity index (χ2n) is 7.61. The summed E-state index contributed by atoms with van der Waals surface area (Å²) in [6, 6.07) is 12.3. The summed E-state index contributed by atoms with van der Waals surface area (Å²) >= 11 is 0. The minimum absolute atomic E-state index is 0.0531. The van der Waals surface area contributed by atoms with Crippen LogP contribution in [0.3, 0.4) is 0 Å². The highest BCUT2D eigenvalue weighted by Crippen LogP contribution is 2.28. The number of hydrogen-bond acceptors (Lipinski definition) is 4. The fourth-order valence-corrected chi connectivity index (χ4v) is 3.84. The van der Waals surface area contributed by atoms with Crippen LogP contribution in [0.15, 0.2) is 40.8 Å². The number of likely N-dealkylation sites (N-methyl/N-ethyl adjacent to an activating group) is 1. The molecule has 4 rings (SSSR count). The Balaban J connectivity index is 1.51. The van der Waals surface area contributed by atoms with Crippen molar-refractivity contribution in [1.82, 2.24) is 9.80 Å². The number of benzene rings is 1. The van der Waals surface area contributed by atoms with E-state index in [0.717, 1.165) is 24.5 Å². The van der Waals surface area contributed by atoms with Gasteiger partial charge < -0.3 is 14.1 Å². The van der Waals surface area contributed by atoms with Gasteiger partial charge in [-0.3, -0.25) is 9.69 Å². The molecular formula is C21H26N2O3. The highest BCUT2D eigenvalue weighted by Gasteiger charge is 2.41. The van der Waals surface area contributed by atoms with E-state index in [-0.39, 0.29) is 18.1 Å². The quantitative estimate of drug-likeness (QED) is 0.849. The molecule has 2 fully saturated rings. The molecule has 2 saturated heterocycles. The van der Waals surface area contributed by atoms with Crippen molar-refractivity contribution in [2.75, 3.05) is 33.3 Å². The molecule has 0 spiro atoms. The van der Waals surface area contributed by atoms with Crippen LogP contribution in [-0.2, 0) is 4.74 Å². The van der Waals surface area contributed by atoms with E-state index in [1.165, 1.54) is 5.56 Å². The average molecular weight is 354 g/mol. The van der Waals surface area contributed by atoms with Gasteiger partial charge in [0.05, 0.1) is 18.8 Å². The van der Waals surface area contributed by atoms with Crippen LogP contribution in [0, 0.1) is 0 Å². The largest absolute Gasteiger partial charge is 0.451 e. The Morgan fingerprint density at radius 3 is 2.81 bits per heavy atom. The normalized spacial score (nSPS) is 23.5. The molecule has 3 heterocycles. The van der Waals surface area contributed by atoms with Gasteiger partial charge in [0.25, 0.3) is 5.91 Å². The molecule has 0 unspecified atom stereocenters. The number of fused-ring (bicyclic) bond motifs is 1. The molecule has 2 aliphatic rings. The van der Waals surface area contributed by atoms with Gasteiger partial charge in [0.1, 0.15) is 5.76 Å². The Morgan fingerprint density at radius 1 is 1.19 bits per heavy atom. The number of hydrogen-bond donors (Lipinski definition) is 0. The molecule has 2 aromatic rings. The summed E-state index contributed by atoms with van der Waals surface area (Å²) in [4.78, 5) is 17.0. The van der Waals surface area contributed by atoms with E-state index >= 15 is 0 Å². The van der Waals surface area contributed by atoms with Crippen LogP contribution in [-0.4, -0.2) is 61.1 Å². The number of ether oxygens (including phenoxy) is 1. The van der Waals surface area contributed by atoms with Crippen molar-refractivity contribution >= 4 is 5.91 Å². The van der Waals surface area contributed by atoms with Gasteiger partial charge in [0.2, 0.25) is 0 Å². The van der Waals surface area contributed by atoms with Crippen molar-refractivity contribution in [2.45, 2.75) is 31.9 Å². The summed E-state index contributed by atoms with van der Waals surface area (Å²) in [6.07, 6.45) is 0.106. The van der Waals surface area contributed by atoms with Gasteiger partial charge in [-0.25, -0.2) is 0 Å². The van der Waals surface area contributed by atoms with Gasteiger partial charge in [0, 0.05) is 25.2 Å². The topological polar surface area (TPSA) is 45.9 Å². The summed E-state index contributed by atoms with van der Waals surface area (Å²) in [5.41, 5.74) is 2.27. The van der Waals surface area contributed by atoms with Crippen LogP contribution in [0.2, 0.25) is 0 Å². The lowest BCUT2D eigenvalue weighted by Gasteiger charge is -2.33. The first-order valence-corrected chi connectivity index (χ1v) is 9.34. The van der Waals surface area contributed by atoms with E-state index < -0.39 is 0 Å². The van der Waals surface area contributed by atoms with E-state index in [1.54, 1.807) is 6.07 Å². The lowest BCUT2D eigenvalue weighted by molar-refractivity contribution is -0.0368. The van der Waals surface area contributed by atoms with Crippen LogP contribution in [0.1, 0.15) is 35.9 Å². The first kappa shape index (κ1) is 17.3. The van der Waals surface area contributed by atoms with E-state index in [1.807, 2.05) is 23.1 Å². The fourth-order valence-electron chi connectivity index (χ4n) is 3.84. The van der Waals surface area contributed by atoms with Crippen molar-refractivity contribution in [2.24, 2.45) is 0 Å². The van der Waals surface area contributed by atoms with Crippen LogP contribution in [0.25, 0.3) is 11.3 Å². The number of nitrogens with zero attached hydrogens (tertiary/aromatic N) is 2. The molecule has 1 aromatic carbocycles. The molecule has 0 bridgehead atoms. The Labute approximate surface area is 154 Å². The van der Waals surface area contributed by atoms with E-state index in [2.05, 4.69) is 37.9 Å². The van der Waals surface area contributed by atoms with Crippen LogP contribution in [0.5, 0.6) is 0 Å². The van der Waals surface area contributed by atoms with Gasteiger partial charge in [-0.05, 0) is 36.7 Å². The zero-order valence-corrected chi connectivity index (χ0v) is 15.6. The fraction of sp³-hybridized carbons (Fsp3) is 0.476. The summed E-state index contributed by atoms with van der Waals surface area (Å²) in [7, 11) is 2.10. The van der Waals surface area contributed by atoms with Crippen molar-refractivity contribution in [3.05, 3.63) is 47.7 Å². The van der Waals surface area contributed by atoms with E-state index in [0.29, 0.717) is 24.8 Å². The second-order valence-corrected chi connectivity index (χ2v) is 7.61. The number of carbonyl (C=O) groups excluding carboxylic acids is 1. The molecule has 1 aromatic heterocycles. The Bertz CT molecular complexity index is 798. The van der Waals surface area contributed by atoms with Gasteiger partial charge >= 0.3 is 0 Å². The van der Waals surface area contributed by atoms with Crippen molar-refractivity contribution in [3.8, 4) is 11.3 Å². The molecule has 1 amide bonds. The summed E-state index contributed by atoms with van der Waals surface area (Å²) < 4.78 is 11.7. The van der Waals surface area contributed by atoms with Crippen molar-refractivity contribution in [1.29, 1.82) is 0 Å². The Kier molecular flexibility index (Phi) is 4.59. The lowest BCUT2D eigenvalue weighted by Crippen LogP contribution is -2.48. The van der Waals surface area contributed by atoms with Crippen molar-refractivity contribution in [3.63, 3.8) is 0 Å². The highest BCUT2D eigenvalue weighted by molar-refractivity contribution is 5.92. The molecule has 0 aliphatic carbocycles. The zero-order valence-electron chi connectivity index (χ0n) is 15.6. The standard InChI is InChI=1S/C21H26N2O3/c1-14(2)15-5-4-6-16(11-15)18-7-8-19(26-18)21(24)23-12-17-20(13-23)25-10-9-22(17)3/h4-8,11,14,17,20H,9-10,12-13H2,1-3H3/t17-,20+/m0/s1. The van der Waals surface area contributed by atoms with Crippen LogP contribution >= 0.6 is 0 Å². The van der Waals surface area contributed by atoms with E-state index in [4.69, 9.17) is 9.15 Å². The molecule has 2 atom stereocenters. The number of amides is 1. The maximum absolute atomic E-state index is 12.9. The van der Waals surface area contributed by atoms with Gasteiger partial charge in [-0.15, -0.1) is 0 Å². The second kappa shape index (κ2) is 6.89. The minimum Gasteiger partial charge on any atom is -0.451 e. The first-order chi connectivity index (χ1) is 12.5. The molecular weight excluding hydrogens is 328 g/mol. The third-order valence-corrected chi connectivity index (χ3v) is 5.52. The third kappa shape index (κ3) is 3.17. The van der Waals surface area contributed by atoms with Gasteiger partial charge in [-0.1, -0.05) is 32.0 Å². The maximum atomic E-state index is 12.9. The predicted octanol–water partition coefficient (Wildman–Crippen LogP) is 3.23. The molecule has 5 nitrogen and oxygen atoms in total. The highest BCUT2D eigenvalue weighted by atomic mass is 16.5. The number of rotatable bonds is 3. The predicted molar refractivity (Wildman–Crippen MR) is 100 cm³/mol. The lowest BCUT2D eigenvalue weighted by atomic mass is 10.0. The molecule has 2 aliphatic heterocycles. The smallest absolute Gasteiger partial charge is 0.289 e. The number of furan rings is 1. The number of carbonyl (C=O) groups is 1. The Hall–Kier alpha value is -2.11. The molecule has 5 heteroatoms. The molecule has 26 heavy (non-hydrogen) atoms. The first-order valence-electron chi connectivity index (χ1n) is 9.34. The number of likely N-dealkylation sites (tertiary alicyclic amines) is 1. The van der Waals surface area contributed by atoms with Crippen molar-refractivity contribution < 1.29 is 13.9 Å². The van der Waals surface area contributed by atoms with Crippen LogP contribution < -0.4 is 0 Å². The average Bonchev–Trinajstić information content (AvgIpc) is 3.29. The molecule has 138 valence electrons. The van der Waals surface area contributed by atoms with Gasteiger partial charge in [-0.2, -0.15) is 0 Å². The zero-order chi connectivity index (χ0) is 18.3. The molecule has 0 radical (unpaired) electrons. The van der Waals surface area contributed by atoms with E-state index in [9.17, 15) is 4.79 Å². The molecule has 0 saturated carbocycles. The summed E-state index contributed by atoms with van der Waals surface area (Å²) in [5.74, 6) is 1.54. The van der Waals surface area contributed by atoms with Crippen LogP contribution in [0.4, 0.5) is 0 Å². The SMILES string of the molecule is CC(C)c1cccc(-c2ccc(C(=O)N3C[C@H]4OCCN(C)[C@H]4C3)o2)c1. The number of morpholine rings is 1. The monoisotopic (exact) mass is 354 g/mol. The maximum Gasteiger partial charge on any atom is 0.289 e. The Morgan fingerprint density at radius 2 is 2.04 bits per heavy atom. The molecule has 0 N–H and O–H groups in total.